The first-order valence-electron chi connectivity index (χ1n) is 4.98. The van der Waals surface area contributed by atoms with E-state index in [1.54, 1.807) is 6.20 Å². The van der Waals surface area contributed by atoms with Crippen LogP contribution in [0.15, 0.2) is 29.3 Å². The Morgan fingerprint density at radius 2 is 2.33 bits per heavy atom. The highest BCUT2D eigenvalue weighted by Crippen LogP contribution is 2.11. The maximum absolute atomic E-state index is 11.6. The van der Waals surface area contributed by atoms with Gasteiger partial charge in [-0.05, 0) is 30.6 Å². The lowest BCUT2D eigenvalue weighted by atomic mass is 10.3. The number of aryl methyl sites for hydroxylation is 1. The molecule has 15 heavy (non-hydrogen) atoms. The summed E-state index contributed by atoms with van der Waals surface area (Å²) in [5.74, 6) is 1.13. The minimum Gasteiger partial charge on any atom is -0.343 e. The first-order valence-corrected chi connectivity index (χ1v) is 6.38. The lowest BCUT2D eigenvalue weighted by Crippen LogP contribution is -2.10. The number of hydrogen-bond acceptors (Lipinski definition) is 2. The van der Waals surface area contributed by atoms with E-state index in [9.17, 15) is 4.79 Å². The van der Waals surface area contributed by atoms with Gasteiger partial charge in [0.2, 0.25) is 0 Å². The summed E-state index contributed by atoms with van der Waals surface area (Å²) in [5.41, 5.74) is 0.792. The second-order valence-electron chi connectivity index (χ2n) is 3.47. The number of H-pyrrole nitrogens is 1. The molecular weight excluding hydrogens is 208 g/mol. The zero-order valence-electron chi connectivity index (χ0n) is 8.69. The highest BCUT2D eigenvalue weighted by molar-refractivity contribution is 7.98. The quantitative estimate of drug-likeness (QED) is 0.804. The van der Waals surface area contributed by atoms with E-state index >= 15 is 0 Å². The van der Waals surface area contributed by atoms with Crippen LogP contribution in [0.5, 0.6) is 0 Å². The summed E-state index contributed by atoms with van der Waals surface area (Å²) in [6.45, 7) is 0.914. The van der Waals surface area contributed by atoms with Crippen molar-refractivity contribution < 1.29 is 0 Å². The number of aromatic amines is 1. The Kier molecular flexibility index (Phi) is 3.16. The molecule has 4 heteroatoms. The zero-order chi connectivity index (χ0) is 10.7. The summed E-state index contributed by atoms with van der Waals surface area (Å²) in [6.07, 6.45) is 6.87. The third-order valence-corrected chi connectivity index (χ3v) is 3.13. The van der Waals surface area contributed by atoms with Crippen molar-refractivity contribution in [3.05, 3.63) is 34.9 Å². The predicted molar refractivity (Wildman–Crippen MR) is 65.6 cm³/mol. The maximum atomic E-state index is 11.6. The van der Waals surface area contributed by atoms with E-state index in [-0.39, 0.29) is 5.56 Å². The van der Waals surface area contributed by atoms with Crippen molar-refractivity contribution in [2.75, 3.05) is 12.0 Å². The van der Waals surface area contributed by atoms with Crippen LogP contribution in [0.25, 0.3) is 10.9 Å². The fourth-order valence-corrected chi connectivity index (χ4v) is 2.14. The molecule has 0 aliphatic rings. The summed E-state index contributed by atoms with van der Waals surface area (Å²) in [7, 11) is 0. The van der Waals surface area contributed by atoms with Gasteiger partial charge >= 0.3 is 0 Å². The van der Waals surface area contributed by atoms with Crippen molar-refractivity contribution in [2.24, 2.45) is 0 Å². The fraction of sp³-hybridized carbons (Fsp3) is 0.364. The largest absolute Gasteiger partial charge is 0.343 e. The molecule has 0 saturated carbocycles. The van der Waals surface area contributed by atoms with E-state index in [1.165, 1.54) is 0 Å². The van der Waals surface area contributed by atoms with E-state index < -0.39 is 0 Å². The van der Waals surface area contributed by atoms with Crippen molar-refractivity contribution in [2.45, 2.75) is 13.0 Å². The van der Waals surface area contributed by atoms with Crippen molar-refractivity contribution in [1.82, 2.24) is 9.55 Å². The number of nitrogens with one attached hydrogen (secondary N) is 1. The van der Waals surface area contributed by atoms with Gasteiger partial charge in [0.15, 0.2) is 0 Å². The van der Waals surface area contributed by atoms with Gasteiger partial charge in [-0.2, -0.15) is 11.8 Å². The molecular formula is C11H14N2OS. The van der Waals surface area contributed by atoms with Gasteiger partial charge in [-0.1, -0.05) is 0 Å². The molecule has 80 valence electrons. The molecule has 0 unspecified atom stereocenters. The molecule has 1 N–H and O–H groups in total. The summed E-state index contributed by atoms with van der Waals surface area (Å²) < 4.78 is 2.03. The molecule has 2 aromatic rings. The normalized spacial score (nSPS) is 11.0. The van der Waals surface area contributed by atoms with Gasteiger partial charge in [0, 0.05) is 24.3 Å². The third kappa shape index (κ3) is 2.09. The van der Waals surface area contributed by atoms with E-state index in [1.807, 2.05) is 34.7 Å². The minimum atomic E-state index is 0.00153. The molecule has 0 spiro atoms. The number of aromatic nitrogens is 2. The molecule has 2 heterocycles. The Bertz CT molecular complexity index is 501. The van der Waals surface area contributed by atoms with E-state index in [2.05, 4.69) is 11.2 Å². The van der Waals surface area contributed by atoms with Gasteiger partial charge in [0.25, 0.3) is 5.56 Å². The minimum absolute atomic E-state index is 0.00153. The Morgan fingerprint density at radius 1 is 1.47 bits per heavy atom. The fourth-order valence-electron chi connectivity index (χ4n) is 1.73. The van der Waals surface area contributed by atoms with Gasteiger partial charge in [-0.25, -0.2) is 0 Å². The van der Waals surface area contributed by atoms with Gasteiger partial charge < -0.3 is 9.55 Å². The van der Waals surface area contributed by atoms with Gasteiger partial charge in [0.05, 0.1) is 0 Å². The Morgan fingerprint density at radius 3 is 3.13 bits per heavy atom. The van der Waals surface area contributed by atoms with Crippen LogP contribution >= 0.6 is 11.8 Å². The van der Waals surface area contributed by atoms with Crippen LogP contribution in [0.2, 0.25) is 0 Å². The maximum Gasteiger partial charge on any atom is 0.272 e. The van der Waals surface area contributed by atoms with Crippen molar-refractivity contribution in [3.63, 3.8) is 0 Å². The first kappa shape index (κ1) is 10.4. The lowest BCUT2D eigenvalue weighted by molar-refractivity contribution is 0.707. The molecule has 0 aliphatic heterocycles. The van der Waals surface area contributed by atoms with Crippen LogP contribution in [0, 0.1) is 0 Å². The van der Waals surface area contributed by atoms with Crippen molar-refractivity contribution in [3.8, 4) is 0 Å². The SMILES string of the molecule is CSCCCn1ccc2cc[nH]c(=O)c21. The van der Waals surface area contributed by atoms with Crippen LogP contribution in [-0.2, 0) is 6.54 Å². The molecule has 3 nitrogen and oxygen atoms in total. The van der Waals surface area contributed by atoms with E-state index in [0.29, 0.717) is 0 Å². The molecule has 0 saturated heterocycles. The predicted octanol–water partition coefficient (Wildman–Crippen LogP) is 2.08. The summed E-state index contributed by atoms with van der Waals surface area (Å²) >= 11 is 1.83. The first-order chi connectivity index (χ1) is 7.33. The standard InChI is InChI=1S/C11H14N2OS/c1-15-8-2-6-13-7-4-9-3-5-12-11(14)10(9)13/h3-5,7H,2,6,8H2,1H3,(H,12,14). The second kappa shape index (κ2) is 4.57. The molecule has 2 rings (SSSR count). The van der Waals surface area contributed by atoms with E-state index in [4.69, 9.17) is 0 Å². The average Bonchev–Trinajstić information content (AvgIpc) is 2.63. The lowest BCUT2D eigenvalue weighted by Gasteiger charge is -2.03. The van der Waals surface area contributed by atoms with Crippen LogP contribution in [-0.4, -0.2) is 21.6 Å². The zero-order valence-corrected chi connectivity index (χ0v) is 9.51. The summed E-state index contributed by atoms with van der Waals surface area (Å²) in [4.78, 5) is 14.3. The third-order valence-electron chi connectivity index (χ3n) is 2.43. The number of nitrogens with zero attached hydrogens (tertiary/aromatic N) is 1. The number of thioether (sulfide) groups is 1. The van der Waals surface area contributed by atoms with Crippen LogP contribution in [0.4, 0.5) is 0 Å². The smallest absolute Gasteiger partial charge is 0.272 e. The van der Waals surface area contributed by atoms with Gasteiger partial charge in [-0.15, -0.1) is 0 Å². The van der Waals surface area contributed by atoms with Crippen molar-refractivity contribution >= 4 is 22.7 Å². The Labute approximate surface area is 92.5 Å². The molecule has 0 bridgehead atoms. The number of hydrogen-bond donors (Lipinski definition) is 1. The molecule has 0 aromatic carbocycles. The Hall–Kier alpha value is -1.16. The highest BCUT2D eigenvalue weighted by atomic mass is 32.2. The summed E-state index contributed by atoms with van der Waals surface area (Å²) in [6, 6.07) is 3.92. The monoisotopic (exact) mass is 222 g/mol. The topological polar surface area (TPSA) is 37.8 Å². The van der Waals surface area contributed by atoms with Crippen LogP contribution in [0.1, 0.15) is 6.42 Å². The molecule has 0 fully saturated rings. The van der Waals surface area contributed by atoms with E-state index in [0.717, 1.165) is 29.6 Å². The summed E-state index contributed by atoms with van der Waals surface area (Å²) in [5, 5.41) is 1.02. The second-order valence-corrected chi connectivity index (χ2v) is 4.45. The number of pyridine rings is 1. The molecule has 0 atom stereocenters. The van der Waals surface area contributed by atoms with Gasteiger partial charge in [-0.3, -0.25) is 4.79 Å². The Balaban J connectivity index is 2.32. The molecule has 2 aromatic heterocycles. The molecule has 0 radical (unpaired) electrons. The van der Waals surface area contributed by atoms with Crippen LogP contribution in [0.3, 0.4) is 0 Å². The van der Waals surface area contributed by atoms with Crippen LogP contribution < -0.4 is 5.56 Å². The van der Waals surface area contributed by atoms with Crippen molar-refractivity contribution in [1.29, 1.82) is 0 Å². The molecule has 0 aliphatic carbocycles. The number of rotatable bonds is 4. The average molecular weight is 222 g/mol. The number of fused-ring (bicyclic) bond motifs is 1. The molecule has 0 amide bonds. The highest BCUT2D eigenvalue weighted by Gasteiger charge is 2.03. The van der Waals surface area contributed by atoms with Gasteiger partial charge in [0.1, 0.15) is 5.52 Å².